The van der Waals surface area contributed by atoms with Crippen LogP contribution in [0.3, 0.4) is 0 Å². The number of hydrogen-bond donors (Lipinski definition) is 3. The molecule has 3 N–H and O–H groups in total. The van der Waals surface area contributed by atoms with E-state index in [9.17, 15) is 9.59 Å². The number of anilines is 2. The van der Waals surface area contributed by atoms with Gasteiger partial charge in [0.15, 0.2) is 0 Å². The van der Waals surface area contributed by atoms with Crippen molar-refractivity contribution in [3.05, 3.63) is 83.9 Å². The Labute approximate surface area is 154 Å². The van der Waals surface area contributed by atoms with E-state index in [2.05, 4.69) is 26.0 Å². The zero-order chi connectivity index (χ0) is 18.6. The Balaban J connectivity index is 1.48. The highest BCUT2D eigenvalue weighted by Gasteiger charge is 2.10. The third kappa shape index (κ3) is 3.67. The number of rotatable bonds is 4. The van der Waals surface area contributed by atoms with Crippen LogP contribution in [0.4, 0.5) is 11.4 Å². The summed E-state index contributed by atoms with van der Waals surface area (Å²) in [7, 11) is 0. The molecule has 4 aromatic rings. The predicted octanol–water partition coefficient (Wildman–Crippen LogP) is 3.46. The van der Waals surface area contributed by atoms with Gasteiger partial charge in [-0.1, -0.05) is 24.3 Å². The molecule has 0 aliphatic heterocycles. The number of amides is 2. The first kappa shape index (κ1) is 16.5. The lowest BCUT2D eigenvalue weighted by Crippen LogP contribution is -2.14. The summed E-state index contributed by atoms with van der Waals surface area (Å²) in [6.45, 7) is 0. The molecule has 0 fully saturated rings. The molecule has 0 saturated heterocycles. The van der Waals surface area contributed by atoms with Gasteiger partial charge < -0.3 is 10.6 Å². The molecule has 0 unspecified atom stereocenters. The largest absolute Gasteiger partial charge is 0.322 e. The molecule has 0 aliphatic carbocycles. The van der Waals surface area contributed by atoms with E-state index in [1.807, 2.05) is 6.07 Å². The Bertz CT molecular complexity index is 1120. The fourth-order valence-corrected chi connectivity index (χ4v) is 2.65. The molecule has 132 valence electrons. The maximum Gasteiger partial charge on any atom is 0.255 e. The zero-order valence-corrected chi connectivity index (χ0v) is 14.1. The van der Waals surface area contributed by atoms with E-state index in [1.165, 1.54) is 0 Å². The van der Waals surface area contributed by atoms with Gasteiger partial charge in [0.1, 0.15) is 11.0 Å². The van der Waals surface area contributed by atoms with E-state index in [4.69, 9.17) is 0 Å². The number of carbonyl (C=O) groups excluding carboxylic acids is 2. The van der Waals surface area contributed by atoms with E-state index in [0.29, 0.717) is 33.5 Å². The number of aromatic nitrogens is 3. The Morgan fingerprint density at radius 1 is 0.667 bits per heavy atom. The summed E-state index contributed by atoms with van der Waals surface area (Å²) in [6, 6.07) is 21.0. The number of fused-ring (bicyclic) bond motifs is 1. The molecule has 27 heavy (non-hydrogen) atoms. The number of aromatic amines is 1. The molecule has 0 atom stereocenters. The summed E-state index contributed by atoms with van der Waals surface area (Å²) < 4.78 is 0. The molecule has 0 bridgehead atoms. The first-order valence-electron chi connectivity index (χ1n) is 8.27. The van der Waals surface area contributed by atoms with Crippen LogP contribution in [0.2, 0.25) is 0 Å². The van der Waals surface area contributed by atoms with Gasteiger partial charge in [-0.15, -0.1) is 0 Å². The lowest BCUT2D eigenvalue weighted by atomic mass is 10.1. The monoisotopic (exact) mass is 357 g/mol. The van der Waals surface area contributed by atoms with Crippen molar-refractivity contribution in [3.8, 4) is 0 Å². The second-order valence-corrected chi connectivity index (χ2v) is 5.88. The summed E-state index contributed by atoms with van der Waals surface area (Å²) in [6.07, 6.45) is 0. The molecular weight excluding hydrogens is 342 g/mol. The molecule has 1 aromatic heterocycles. The van der Waals surface area contributed by atoms with Crippen LogP contribution < -0.4 is 10.6 Å². The highest BCUT2D eigenvalue weighted by Crippen LogP contribution is 2.18. The predicted molar refractivity (Wildman–Crippen MR) is 103 cm³/mol. The van der Waals surface area contributed by atoms with E-state index in [0.717, 1.165) is 0 Å². The normalized spacial score (nSPS) is 10.5. The van der Waals surface area contributed by atoms with Crippen LogP contribution >= 0.6 is 0 Å². The number of benzene rings is 3. The summed E-state index contributed by atoms with van der Waals surface area (Å²) in [5.74, 6) is -0.484. The maximum atomic E-state index is 12.5. The number of nitrogens with zero attached hydrogens (tertiary/aromatic N) is 2. The number of nitrogens with one attached hydrogen (secondary N) is 3. The van der Waals surface area contributed by atoms with Crippen molar-refractivity contribution >= 4 is 34.2 Å². The molecule has 7 heteroatoms. The molecule has 4 rings (SSSR count). The molecule has 2 amide bonds. The van der Waals surface area contributed by atoms with Crippen molar-refractivity contribution in [2.24, 2.45) is 0 Å². The maximum absolute atomic E-state index is 12.5. The molecule has 0 spiro atoms. The third-order valence-corrected chi connectivity index (χ3v) is 3.99. The summed E-state index contributed by atoms with van der Waals surface area (Å²) >= 11 is 0. The molecule has 0 aliphatic rings. The average Bonchev–Trinajstić information content (AvgIpc) is 3.16. The molecule has 0 radical (unpaired) electrons. The van der Waals surface area contributed by atoms with Crippen LogP contribution in [0.1, 0.15) is 20.7 Å². The second-order valence-electron chi connectivity index (χ2n) is 5.88. The van der Waals surface area contributed by atoms with Gasteiger partial charge in [0.25, 0.3) is 11.8 Å². The second kappa shape index (κ2) is 7.09. The van der Waals surface area contributed by atoms with Gasteiger partial charge in [0.05, 0.1) is 0 Å². The van der Waals surface area contributed by atoms with Crippen molar-refractivity contribution in [1.82, 2.24) is 15.4 Å². The van der Waals surface area contributed by atoms with Crippen LogP contribution in [0.15, 0.2) is 72.8 Å². The van der Waals surface area contributed by atoms with Crippen LogP contribution in [0.5, 0.6) is 0 Å². The van der Waals surface area contributed by atoms with Crippen molar-refractivity contribution in [1.29, 1.82) is 0 Å². The van der Waals surface area contributed by atoms with Crippen LogP contribution in [0.25, 0.3) is 11.0 Å². The quantitative estimate of drug-likeness (QED) is 0.521. The first-order valence-corrected chi connectivity index (χ1v) is 8.27. The molecule has 3 aromatic carbocycles. The molecule has 0 saturated carbocycles. The third-order valence-electron chi connectivity index (χ3n) is 3.99. The zero-order valence-electron chi connectivity index (χ0n) is 14.1. The topological polar surface area (TPSA) is 99.8 Å². The van der Waals surface area contributed by atoms with Crippen LogP contribution in [-0.4, -0.2) is 27.2 Å². The van der Waals surface area contributed by atoms with Crippen molar-refractivity contribution < 1.29 is 9.59 Å². The fraction of sp³-hybridized carbons (Fsp3) is 0. The van der Waals surface area contributed by atoms with E-state index >= 15 is 0 Å². The van der Waals surface area contributed by atoms with Crippen LogP contribution in [0, 0.1) is 0 Å². The number of carbonyl (C=O) groups is 2. The van der Waals surface area contributed by atoms with Gasteiger partial charge in [0, 0.05) is 22.5 Å². The minimum atomic E-state index is -0.272. The lowest BCUT2D eigenvalue weighted by Gasteiger charge is -2.09. The number of hydrogen-bond acceptors (Lipinski definition) is 4. The van der Waals surface area contributed by atoms with Gasteiger partial charge in [0.2, 0.25) is 0 Å². The minimum absolute atomic E-state index is 0.212. The number of H-pyrrole nitrogens is 1. The van der Waals surface area contributed by atoms with Gasteiger partial charge in [-0.05, 0) is 48.5 Å². The summed E-state index contributed by atoms with van der Waals surface area (Å²) in [5.41, 5.74) is 3.51. The molecule has 1 heterocycles. The average molecular weight is 357 g/mol. The van der Waals surface area contributed by atoms with Crippen molar-refractivity contribution in [2.75, 3.05) is 10.6 Å². The molecular formula is C20H15N5O2. The smallest absolute Gasteiger partial charge is 0.255 e. The fourth-order valence-electron chi connectivity index (χ4n) is 2.65. The summed E-state index contributed by atoms with van der Waals surface area (Å²) in [5, 5.41) is 16.1. The van der Waals surface area contributed by atoms with Gasteiger partial charge >= 0.3 is 0 Å². The van der Waals surface area contributed by atoms with Gasteiger partial charge in [-0.3, -0.25) is 9.59 Å². The lowest BCUT2D eigenvalue weighted by molar-refractivity contribution is 0.101. The standard InChI is InChI=1S/C20H15N5O2/c26-19(13-5-2-1-3-6-13)21-15-7-4-8-16(12-15)22-20(27)14-9-10-17-18(11-14)24-25-23-17/h1-12H,(H,21,26)(H,22,27)(H,23,24,25). The van der Waals surface area contributed by atoms with Crippen molar-refractivity contribution in [3.63, 3.8) is 0 Å². The first-order chi connectivity index (χ1) is 13.2. The van der Waals surface area contributed by atoms with E-state index in [1.54, 1.807) is 66.7 Å². The van der Waals surface area contributed by atoms with Crippen LogP contribution in [-0.2, 0) is 0 Å². The van der Waals surface area contributed by atoms with Gasteiger partial charge in [-0.2, -0.15) is 15.4 Å². The highest BCUT2D eigenvalue weighted by atomic mass is 16.2. The SMILES string of the molecule is O=C(Nc1cccc(NC(=O)c2ccc3n[nH]nc3c2)c1)c1ccccc1. The van der Waals surface area contributed by atoms with E-state index in [-0.39, 0.29) is 11.8 Å². The highest BCUT2D eigenvalue weighted by molar-refractivity contribution is 6.07. The summed E-state index contributed by atoms with van der Waals surface area (Å²) in [4.78, 5) is 24.7. The van der Waals surface area contributed by atoms with E-state index < -0.39 is 0 Å². The van der Waals surface area contributed by atoms with Gasteiger partial charge in [-0.25, -0.2) is 0 Å². The Kier molecular flexibility index (Phi) is 4.32. The Morgan fingerprint density at radius 2 is 1.33 bits per heavy atom. The molecule has 7 nitrogen and oxygen atoms in total. The Morgan fingerprint density at radius 3 is 2.07 bits per heavy atom. The van der Waals surface area contributed by atoms with Crippen molar-refractivity contribution in [2.45, 2.75) is 0 Å². The minimum Gasteiger partial charge on any atom is -0.322 e. The Hall–Kier alpha value is -4.00.